The van der Waals surface area contributed by atoms with E-state index < -0.39 is 17.6 Å². The number of quaternary nitrogens is 1. The van der Waals surface area contributed by atoms with Crippen LogP contribution in [0.2, 0.25) is 5.02 Å². The van der Waals surface area contributed by atoms with Gasteiger partial charge in [-0.05, 0) is 42.8 Å². The molecule has 0 atom stereocenters. The van der Waals surface area contributed by atoms with E-state index in [-0.39, 0.29) is 5.56 Å². The molecule has 35 heavy (non-hydrogen) atoms. The Balaban J connectivity index is 1.88. The Bertz CT molecular complexity index is 1170. The zero-order valence-corrected chi connectivity index (χ0v) is 20.9. The third-order valence-electron chi connectivity index (χ3n) is 5.62. The van der Waals surface area contributed by atoms with Crippen molar-refractivity contribution in [2.75, 3.05) is 39.1 Å². The molecular formula is C25H29ClF3N4O2+. The van der Waals surface area contributed by atoms with Crippen LogP contribution in [-0.2, 0) is 13.2 Å². The molecule has 2 aromatic carbocycles. The van der Waals surface area contributed by atoms with Crippen LogP contribution in [0.5, 0.6) is 5.75 Å². The minimum Gasteiger partial charge on any atom is -0.487 e. The van der Waals surface area contributed by atoms with Crippen LogP contribution in [0.4, 0.5) is 18.9 Å². The summed E-state index contributed by atoms with van der Waals surface area (Å²) in [6.45, 7) is 4.41. The first-order chi connectivity index (χ1) is 16.4. The molecule has 1 aromatic heterocycles. The largest absolute Gasteiger partial charge is 0.487 e. The van der Waals surface area contributed by atoms with Crippen molar-refractivity contribution in [2.45, 2.75) is 19.5 Å². The minimum absolute atomic E-state index is 0.101. The number of aromatic nitrogens is 2. The predicted molar refractivity (Wildman–Crippen MR) is 131 cm³/mol. The van der Waals surface area contributed by atoms with Crippen LogP contribution in [0.15, 0.2) is 48.7 Å². The molecule has 1 heterocycles. The summed E-state index contributed by atoms with van der Waals surface area (Å²) in [6.07, 6.45) is -1.97. The number of likely N-dealkylation sites (N-methyl/N-ethyl adjacent to an activating group) is 1. The third kappa shape index (κ3) is 6.76. The van der Waals surface area contributed by atoms with Crippen LogP contribution < -0.4 is 10.1 Å². The molecular weight excluding hydrogens is 481 g/mol. The van der Waals surface area contributed by atoms with Crippen molar-refractivity contribution in [3.63, 3.8) is 0 Å². The number of ether oxygens (including phenoxy) is 1. The number of rotatable bonds is 9. The quantitative estimate of drug-likeness (QED) is 0.367. The van der Waals surface area contributed by atoms with Crippen molar-refractivity contribution in [3.8, 4) is 17.0 Å². The molecule has 0 saturated carbocycles. The van der Waals surface area contributed by atoms with E-state index in [2.05, 4.69) is 31.4 Å². The van der Waals surface area contributed by atoms with Gasteiger partial charge in [-0.25, -0.2) is 0 Å². The summed E-state index contributed by atoms with van der Waals surface area (Å²) in [4.78, 5) is 12.7. The van der Waals surface area contributed by atoms with Gasteiger partial charge in [-0.2, -0.15) is 18.3 Å². The van der Waals surface area contributed by atoms with Gasteiger partial charge >= 0.3 is 6.18 Å². The molecule has 1 N–H and O–H groups in total. The Morgan fingerprint density at radius 1 is 1.17 bits per heavy atom. The highest BCUT2D eigenvalue weighted by Crippen LogP contribution is 2.37. The molecule has 0 bridgehead atoms. The number of benzene rings is 2. The number of amides is 1. The Morgan fingerprint density at radius 3 is 2.54 bits per heavy atom. The van der Waals surface area contributed by atoms with Gasteiger partial charge in [0.2, 0.25) is 0 Å². The molecule has 188 valence electrons. The lowest BCUT2D eigenvalue weighted by molar-refractivity contribution is -0.890. The molecule has 6 nitrogen and oxygen atoms in total. The maximum Gasteiger partial charge on any atom is 0.416 e. The molecule has 3 rings (SSSR count). The van der Waals surface area contributed by atoms with Crippen molar-refractivity contribution in [3.05, 3.63) is 64.8 Å². The third-order valence-corrected chi connectivity index (χ3v) is 5.90. The zero-order chi connectivity index (χ0) is 25.8. The summed E-state index contributed by atoms with van der Waals surface area (Å²) in [5.41, 5.74) is 0.600. The number of anilines is 1. The molecule has 0 unspecified atom stereocenters. The fourth-order valence-electron chi connectivity index (χ4n) is 3.79. The average molecular weight is 510 g/mol. The molecule has 0 saturated heterocycles. The van der Waals surface area contributed by atoms with Crippen molar-refractivity contribution in [1.29, 1.82) is 0 Å². The first-order valence-corrected chi connectivity index (χ1v) is 11.5. The average Bonchev–Trinajstić information content (AvgIpc) is 3.11. The number of nitrogens with one attached hydrogen (secondary N) is 1. The van der Waals surface area contributed by atoms with Gasteiger partial charge in [0.25, 0.3) is 5.91 Å². The molecule has 0 spiro atoms. The van der Waals surface area contributed by atoms with E-state index in [1.54, 1.807) is 29.9 Å². The van der Waals surface area contributed by atoms with Gasteiger partial charge in [-0.15, -0.1) is 0 Å². The molecule has 0 aliphatic rings. The number of hydrogen-bond acceptors (Lipinski definition) is 3. The van der Waals surface area contributed by atoms with Gasteiger partial charge in [-0.1, -0.05) is 24.6 Å². The first-order valence-electron chi connectivity index (χ1n) is 11.2. The smallest absolute Gasteiger partial charge is 0.416 e. The molecule has 0 radical (unpaired) electrons. The Hall–Kier alpha value is -3.04. The molecule has 0 aliphatic heterocycles. The molecule has 0 aliphatic carbocycles. The van der Waals surface area contributed by atoms with E-state index in [0.717, 1.165) is 36.1 Å². The monoisotopic (exact) mass is 509 g/mol. The standard InChI is InChI=1S/C25H28ClF3N4O2/c1-5-11-33(3,4)12-13-35-22-10-9-19(15-20(22)23-21(26)16-30-32(23)2)31-24(34)17-7-6-8-18(14-17)25(27,28)29/h6-10,14-16H,5,11-13H2,1-4H3/p+1. The van der Waals surface area contributed by atoms with Gasteiger partial charge in [0.1, 0.15) is 18.9 Å². The zero-order valence-electron chi connectivity index (χ0n) is 20.1. The summed E-state index contributed by atoms with van der Waals surface area (Å²) in [6, 6.07) is 9.30. The summed E-state index contributed by atoms with van der Waals surface area (Å²) in [5.74, 6) is -0.102. The number of alkyl halides is 3. The fraction of sp³-hybridized carbons (Fsp3) is 0.360. The van der Waals surface area contributed by atoms with E-state index in [4.69, 9.17) is 16.3 Å². The summed E-state index contributed by atoms with van der Waals surface area (Å²) in [7, 11) is 6.01. The maximum atomic E-state index is 13.0. The minimum atomic E-state index is -4.54. The van der Waals surface area contributed by atoms with Gasteiger partial charge in [0.05, 0.1) is 43.1 Å². The fourth-order valence-corrected chi connectivity index (χ4v) is 4.06. The Morgan fingerprint density at radius 2 is 1.91 bits per heavy atom. The second kappa shape index (κ2) is 10.7. The van der Waals surface area contributed by atoms with Gasteiger partial charge < -0.3 is 14.5 Å². The highest BCUT2D eigenvalue weighted by molar-refractivity contribution is 6.33. The molecule has 3 aromatic rings. The van der Waals surface area contributed by atoms with Gasteiger partial charge in [-0.3, -0.25) is 9.48 Å². The van der Waals surface area contributed by atoms with E-state index in [0.29, 0.717) is 34.3 Å². The topological polar surface area (TPSA) is 56.1 Å². The van der Waals surface area contributed by atoms with E-state index in [1.807, 2.05) is 0 Å². The number of halogens is 4. The normalized spacial score (nSPS) is 12.0. The lowest BCUT2D eigenvalue weighted by atomic mass is 10.1. The van der Waals surface area contributed by atoms with Crippen molar-refractivity contribution < 1.29 is 27.2 Å². The van der Waals surface area contributed by atoms with E-state index in [9.17, 15) is 18.0 Å². The van der Waals surface area contributed by atoms with Crippen molar-refractivity contribution in [1.82, 2.24) is 9.78 Å². The summed E-state index contributed by atoms with van der Waals surface area (Å²) >= 11 is 6.38. The van der Waals surface area contributed by atoms with Crippen LogP contribution in [0.1, 0.15) is 29.3 Å². The lowest BCUT2D eigenvalue weighted by Gasteiger charge is -2.29. The van der Waals surface area contributed by atoms with E-state index >= 15 is 0 Å². The molecule has 0 fully saturated rings. The SMILES string of the molecule is CCC[N+](C)(C)CCOc1ccc(NC(=O)c2cccc(C(F)(F)F)c2)cc1-c1c(Cl)cnn1C. The maximum absolute atomic E-state index is 13.0. The van der Waals surface area contributed by atoms with Crippen molar-refractivity contribution in [2.24, 2.45) is 7.05 Å². The highest BCUT2D eigenvalue weighted by atomic mass is 35.5. The number of aryl methyl sites for hydroxylation is 1. The summed E-state index contributed by atoms with van der Waals surface area (Å²) in [5, 5.41) is 7.25. The van der Waals surface area contributed by atoms with Crippen LogP contribution in [0.25, 0.3) is 11.3 Å². The lowest BCUT2D eigenvalue weighted by Crippen LogP contribution is -2.43. The second-order valence-corrected chi connectivity index (χ2v) is 9.35. The number of hydrogen-bond donors (Lipinski definition) is 1. The Kier molecular flexibility index (Phi) is 8.12. The van der Waals surface area contributed by atoms with Crippen LogP contribution in [0, 0.1) is 0 Å². The number of carbonyl (C=O) groups is 1. The second-order valence-electron chi connectivity index (χ2n) is 8.94. The highest BCUT2D eigenvalue weighted by Gasteiger charge is 2.31. The Labute approximate surface area is 207 Å². The van der Waals surface area contributed by atoms with E-state index in [1.165, 1.54) is 18.3 Å². The molecule has 10 heteroatoms. The van der Waals surface area contributed by atoms with Crippen LogP contribution in [0.3, 0.4) is 0 Å². The predicted octanol–water partition coefficient (Wildman–Crippen LogP) is 5.88. The van der Waals surface area contributed by atoms with Gasteiger partial charge in [0, 0.05) is 23.9 Å². The van der Waals surface area contributed by atoms with Crippen molar-refractivity contribution >= 4 is 23.2 Å². The number of carbonyl (C=O) groups excluding carboxylic acids is 1. The van der Waals surface area contributed by atoms with Gasteiger partial charge in [0.15, 0.2) is 0 Å². The molecule has 1 amide bonds. The van der Waals surface area contributed by atoms with Crippen LogP contribution in [-0.4, -0.2) is 54.0 Å². The summed E-state index contributed by atoms with van der Waals surface area (Å²) < 4.78 is 47.6. The first kappa shape index (κ1) is 26.6. The number of nitrogens with zero attached hydrogens (tertiary/aromatic N) is 3. The van der Waals surface area contributed by atoms with Crippen LogP contribution >= 0.6 is 11.6 Å².